The summed E-state index contributed by atoms with van der Waals surface area (Å²) in [6.07, 6.45) is 1.03. The zero-order valence-electron chi connectivity index (χ0n) is 12.3. The second-order valence-corrected chi connectivity index (χ2v) is 5.76. The molecule has 0 unspecified atom stereocenters. The SMILES string of the molecule is CCc1cccc(C)c1NCCNc1ccc(Cl)c(Cl)c1. The van der Waals surface area contributed by atoms with E-state index in [4.69, 9.17) is 23.2 Å². The predicted octanol–water partition coefficient (Wildman–Crippen LogP) is 5.39. The molecule has 2 aromatic rings. The van der Waals surface area contributed by atoms with Gasteiger partial charge in [-0.25, -0.2) is 0 Å². The third kappa shape index (κ3) is 4.29. The minimum atomic E-state index is 0.571. The minimum Gasteiger partial charge on any atom is -0.383 e. The summed E-state index contributed by atoms with van der Waals surface area (Å²) in [6, 6.07) is 12.0. The van der Waals surface area contributed by atoms with Crippen LogP contribution in [0.5, 0.6) is 0 Å². The van der Waals surface area contributed by atoms with Crippen molar-refractivity contribution < 1.29 is 0 Å². The maximum absolute atomic E-state index is 6.00. The summed E-state index contributed by atoms with van der Waals surface area (Å²) in [5.74, 6) is 0. The van der Waals surface area contributed by atoms with Crippen molar-refractivity contribution in [1.82, 2.24) is 0 Å². The Kier molecular flexibility index (Phi) is 5.77. The molecule has 0 aromatic heterocycles. The van der Waals surface area contributed by atoms with Gasteiger partial charge in [0.2, 0.25) is 0 Å². The van der Waals surface area contributed by atoms with Crippen LogP contribution in [-0.2, 0) is 6.42 Å². The van der Waals surface area contributed by atoms with Gasteiger partial charge in [-0.2, -0.15) is 0 Å². The number of nitrogens with one attached hydrogen (secondary N) is 2. The Bertz CT molecular complexity index is 612. The summed E-state index contributed by atoms with van der Waals surface area (Å²) in [6.45, 7) is 5.97. The van der Waals surface area contributed by atoms with Gasteiger partial charge in [-0.15, -0.1) is 0 Å². The lowest BCUT2D eigenvalue weighted by molar-refractivity contribution is 1.05. The molecular formula is C17H20Cl2N2. The number of para-hydroxylation sites is 1. The van der Waals surface area contributed by atoms with Crippen LogP contribution >= 0.6 is 23.2 Å². The Morgan fingerprint density at radius 2 is 1.71 bits per heavy atom. The first-order chi connectivity index (χ1) is 10.1. The van der Waals surface area contributed by atoms with Crippen LogP contribution in [0, 0.1) is 6.92 Å². The second-order valence-electron chi connectivity index (χ2n) is 4.95. The third-order valence-corrected chi connectivity index (χ3v) is 4.15. The average molecular weight is 323 g/mol. The zero-order valence-corrected chi connectivity index (χ0v) is 13.9. The van der Waals surface area contributed by atoms with Gasteiger partial charge in [-0.1, -0.05) is 48.3 Å². The molecule has 0 heterocycles. The number of benzene rings is 2. The standard InChI is InChI=1S/C17H20Cl2N2/c1-3-13-6-4-5-12(2)17(13)21-10-9-20-14-7-8-15(18)16(19)11-14/h4-8,11,20-21H,3,9-10H2,1-2H3. The summed E-state index contributed by atoms with van der Waals surface area (Å²) in [5.41, 5.74) is 4.86. The molecule has 0 radical (unpaired) electrons. The van der Waals surface area contributed by atoms with Gasteiger partial charge in [0, 0.05) is 24.5 Å². The molecule has 112 valence electrons. The summed E-state index contributed by atoms with van der Waals surface area (Å²) < 4.78 is 0. The van der Waals surface area contributed by atoms with Crippen LogP contribution in [0.1, 0.15) is 18.1 Å². The third-order valence-electron chi connectivity index (χ3n) is 3.42. The Hall–Kier alpha value is -1.38. The molecule has 0 fully saturated rings. The monoisotopic (exact) mass is 322 g/mol. The van der Waals surface area contributed by atoms with E-state index >= 15 is 0 Å². The van der Waals surface area contributed by atoms with Crippen molar-refractivity contribution >= 4 is 34.6 Å². The molecule has 0 aliphatic carbocycles. The van der Waals surface area contributed by atoms with E-state index in [1.54, 1.807) is 6.07 Å². The Morgan fingerprint density at radius 3 is 2.43 bits per heavy atom. The van der Waals surface area contributed by atoms with Crippen molar-refractivity contribution in [3.8, 4) is 0 Å². The minimum absolute atomic E-state index is 0.571. The number of aryl methyl sites for hydroxylation is 2. The van der Waals surface area contributed by atoms with E-state index in [-0.39, 0.29) is 0 Å². The van der Waals surface area contributed by atoms with Gasteiger partial charge in [0.1, 0.15) is 0 Å². The largest absolute Gasteiger partial charge is 0.383 e. The highest BCUT2D eigenvalue weighted by Crippen LogP contribution is 2.25. The maximum atomic E-state index is 6.00. The molecule has 2 nitrogen and oxygen atoms in total. The van der Waals surface area contributed by atoms with Crippen LogP contribution < -0.4 is 10.6 Å². The highest BCUT2D eigenvalue weighted by Gasteiger charge is 2.03. The van der Waals surface area contributed by atoms with Crippen molar-refractivity contribution in [2.24, 2.45) is 0 Å². The van der Waals surface area contributed by atoms with Crippen LogP contribution in [-0.4, -0.2) is 13.1 Å². The Morgan fingerprint density at radius 1 is 0.952 bits per heavy atom. The van der Waals surface area contributed by atoms with Crippen molar-refractivity contribution in [1.29, 1.82) is 0 Å². The van der Waals surface area contributed by atoms with E-state index in [0.717, 1.165) is 25.2 Å². The molecule has 0 aliphatic rings. The molecule has 0 bridgehead atoms. The van der Waals surface area contributed by atoms with Gasteiger partial charge >= 0.3 is 0 Å². The molecule has 0 aliphatic heterocycles. The second kappa shape index (κ2) is 7.58. The van der Waals surface area contributed by atoms with Crippen LogP contribution in [0.2, 0.25) is 10.0 Å². The van der Waals surface area contributed by atoms with Gasteiger partial charge in [0.25, 0.3) is 0 Å². The first kappa shape index (κ1) is 16.0. The van der Waals surface area contributed by atoms with Gasteiger partial charge < -0.3 is 10.6 Å². The number of halogens is 2. The summed E-state index contributed by atoms with van der Waals surface area (Å²) in [7, 11) is 0. The van der Waals surface area contributed by atoms with E-state index in [1.165, 1.54) is 16.8 Å². The fourth-order valence-electron chi connectivity index (χ4n) is 2.28. The fraction of sp³-hybridized carbons (Fsp3) is 0.294. The lowest BCUT2D eigenvalue weighted by Gasteiger charge is -2.15. The van der Waals surface area contributed by atoms with Crippen molar-refractivity contribution in [2.45, 2.75) is 20.3 Å². The normalized spacial score (nSPS) is 10.5. The Labute approximate surface area is 136 Å². The molecule has 2 aromatic carbocycles. The van der Waals surface area contributed by atoms with Crippen molar-refractivity contribution in [3.05, 3.63) is 57.6 Å². The highest BCUT2D eigenvalue weighted by molar-refractivity contribution is 6.42. The number of anilines is 2. The average Bonchev–Trinajstić information content (AvgIpc) is 2.48. The molecule has 0 amide bonds. The molecule has 21 heavy (non-hydrogen) atoms. The van der Waals surface area contributed by atoms with E-state index in [1.807, 2.05) is 12.1 Å². The molecule has 2 rings (SSSR count). The first-order valence-electron chi connectivity index (χ1n) is 7.13. The lowest BCUT2D eigenvalue weighted by atomic mass is 10.1. The van der Waals surface area contributed by atoms with E-state index in [9.17, 15) is 0 Å². The summed E-state index contributed by atoms with van der Waals surface area (Å²) >= 11 is 11.9. The number of hydrogen-bond donors (Lipinski definition) is 2. The van der Waals surface area contributed by atoms with Gasteiger partial charge in [0.15, 0.2) is 0 Å². The predicted molar refractivity (Wildman–Crippen MR) is 94.0 cm³/mol. The van der Waals surface area contributed by atoms with Crippen molar-refractivity contribution in [3.63, 3.8) is 0 Å². The number of rotatable bonds is 6. The summed E-state index contributed by atoms with van der Waals surface area (Å²) in [4.78, 5) is 0. The Balaban J connectivity index is 1.89. The molecule has 0 atom stereocenters. The molecule has 0 saturated carbocycles. The number of hydrogen-bond acceptors (Lipinski definition) is 2. The molecular weight excluding hydrogens is 303 g/mol. The van der Waals surface area contributed by atoms with Gasteiger partial charge in [0.05, 0.1) is 10.0 Å². The van der Waals surface area contributed by atoms with Crippen molar-refractivity contribution in [2.75, 3.05) is 23.7 Å². The van der Waals surface area contributed by atoms with Gasteiger partial charge in [-0.05, 0) is 42.7 Å². The maximum Gasteiger partial charge on any atom is 0.0612 e. The van der Waals surface area contributed by atoms with Crippen LogP contribution in [0.25, 0.3) is 0 Å². The molecule has 0 spiro atoms. The summed E-state index contributed by atoms with van der Waals surface area (Å²) in [5, 5.41) is 7.99. The molecule has 2 N–H and O–H groups in total. The first-order valence-corrected chi connectivity index (χ1v) is 7.88. The van der Waals surface area contributed by atoms with Crippen LogP contribution in [0.3, 0.4) is 0 Å². The lowest BCUT2D eigenvalue weighted by Crippen LogP contribution is -2.15. The molecule has 0 saturated heterocycles. The quantitative estimate of drug-likeness (QED) is 0.697. The molecule has 4 heteroatoms. The smallest absolute Gasteiger partial charge is 0.0612 e. The zero-order chi connectivity index (χ0) is 15.2. The fourth-order valence-corrected chi connectivity index (χ4v) is 2.57. The van der Waals surface area contributed by atoms with Gasteiger partial charge in [-0.3, -0.25) is 0 Å². The highest BCUT2D eigenvalue weighted by atomic mass is 35.5. The van der Waals surface area contributed by atoms with E-state index in [2.05, 4.69) is 42.7 Å². The van der Waals surface area contributed by atoms with E-state index < -0.39 is 0 Å². The van der Waals surface area contributed by atoms with Crippen LogP contribution in [0.4, 0.5) is 11.4 Å². The van der Waals surface area contributed by atoms with E-state index in [0.29, 0.717) is 10.0 Å². The topological polar surface area (TPSA) is 24.1 Å². The van der Waals surface area contributed by atoms with Crippen LogP contribution in [0.15, 0.2) is 36.4 Å².